The number of fused-ring (bicyclic) bond motifs is 1. The van der Waals surface area contributed by atoms with Gasteiger partial charge in [0.1, 0.15) is 30.4 Å². The number of carbonyl (C=O) groups excluding carboxylic acids is 3. The molecule has 3 aromatic rings. The molecule has 33 heavy (non-hydrogen) atoms. The van der Waals surface area contributed by atoms with Gasteiger partial charge in [0, 0.05) is 29.6 Å². The van der Waals surface area contributed by atoms with Crippen molar-refractivity contribution in [3.63, 3.8) is 0 Å². The lowest BCUT2D eigenvalue weighted by molar-refractivity contribution is -0.125. The monoisotopic (exact) mass is 467 g/mol. The number of amides is 2. The minimum atomic E-state index is -0.729. The number of ether oxygens (including phenoxy) is 1. The maximum Gasteiger partial charge on any atom is 0.255 e. The third-order valence-corrected chi connectivity index (χ3v) is 5.70. The maximum atomic E-state index is 13.0. The van der Waals surface area contributed by atoms with E-state index in [1.165, 1.54) is 11.9 Å². The fourth-order valence-corrected chi connectivity index (χ4v) is 3.90. The number of likely N-dealkylation sites (N-methyl/N-ethyl adjacent to an activating group) is 1. The van der Waals surface area contributed by atoms with Gasteiger partial charge in [0.2, 0.25) is 5.91 Å². The zero-order chi connectivity index (χ0) is 23.4. The van der Waals surface area contributed by atoms with Crippen molar-refractivity contribution in [3.05, 3.63) is 70.5 Å². The molecule has 2 heterocycles. The first-order valence-electron chi connectivity index (χ1n) is 10.4. The van der Waals surface area contributed by atoms with Crippen LogP contribution in [0, 0.1) is 0 Å². The Morgan fingerprint density at radius 2 is 2.06 bits per heavy atom. The lowest BCUT2D eigenvalue weighted by Gasteiger charge is -2.25. The molecule has 1 atom stereocenters. The van der Waals surface area contributed by atoms with Crippen molar-refractivity contribution in [2.24, 2.45) is 0 Å². The van der Waals surface area contributed by atoms with Gasteiger partial charge in [0.15, 0.2) is 0 Å². The summed E-state index contributed by atoms with van der Waals surface area (Å²) >= 11 is 5.93. The van der Waals surface area contributed by atoms with E-state index in [9.17, 15) is 14.4 Å². The van der Waals surface area contributed by atoms with Crippen molar-refractivity contribution < 1.29 is 19.1 Å². The molecule has 0 radical (unpaired) electrons. The van der Waals surface area contributed by atoms with Crippen molar-refractivity contribution in [2.45, 2.75) is 32.0 Å². The second kappa shape index (κ2) is 9.83. The Labute approximate surface area is 195 Å². The number of aromatic nitrogens is 3. The van der Waals surface area contributed by atoms with Crippen LogP contribution in [0.2, 0.25) is 5.02 Å². The number of nitrogens with one attached hydrogen (secondary N) is 1. The van der Waals surface area contributed by atoms with Gasteiger partial charge in [-0.15, -0.1) is 5.10 Å². The lowest BCUT2D eigenvalue weighted by atomic mass is 10.1. The van der Waals surface area contributed by atoms with Crippen LogP contribution in [0.4, 0.5) is 0 Å². The highest BCUT2D eigenvalue weighted by Crippen LogP contribution is 2.33. The van der Waals surface area contributed by atoms with Gasteiger partial charge in [-0.3, -0.25) is 9.59 Å². The summed E-state index contributed by atoms with van der Waals surface area (Å²) in [7, 11) is 1.51. The third-order valence-electron chi connectivity index (χ3n) is 5.44. The quantitative estimate of drug-likeness (QED) is 0.485. The molecule has 2 amide bonds. The fraction of sp³-hybridized carbons (Fsp3) is 0.261. The lowest BCUT2D eigenvalue weighted by Crippen LogP contribution is -2.46. The molecule has 0 saturated carbocycles. The third kappa shape index (κ3) is 4.73. The molecule has 0 aliphatic carbocycles. The Balaban J connectivity index is 1.49. The Morgan fingerprint density at radius 3 is 2.79 bits per heavy atom. The number of aldehydes is 1. The van der Waals surface area contributed by atoms with E-state index in [-0.39, 0.29) is 37.8 Å². The topological polar surface area (TPSA) is 106 Å². The molecule has 1 aliphatic heterocycles. The summed E-state index contributed by atoms with van der Waals surface area (Å²) in [5.41, 5.74) is 2.61. The molecule has 0 fully saturated rings. The number of halogens is 1. The van der Waals surface area contributed by atoms with E-state index >= 15 is 0 Å². The van der Waals surface area contributed by atoms with Crippen LogP contribution in [0.3, 0.4) is 0 Å². The van der Waals surface area contributed by atoms with E-state index in [0.717, 1.165) is 12.0 Å². The summed E-state index contributed by atoms with van der Waals surface area (Å²) in [4.78, 5) is 37.7. The van der Waals surface area contributed by atoms with Crippen molar-refractivity contribution in [1.29, 1.82) is 0 Å². The van der Waals surface area contributed by atoms with E-state index in [2.05, 4.69) is 15.6 Å². The number of carbonyl (C=O) groups is 3. The molecule has 0 bridgehead atoms. The van der Waals surface area contributed by atoms with Gasteiger partial charge >= 0.3 is 0 Å². The zero-order valence-electron chi connectivity index (χ0n) is 17.9. The summed E-state index contributed by atoms with van der Waals surface area (Å²) < 4.78 is 7.60. The van der Waals surface area contributed by atoms with Crippen LogP contribution in [-0.2, 0) is 22.7 Å². The van der Waals surface area contributed by atoms with Gasteiger partial charge < -0.3 is 19.7 Å². The molecular formula is C23H22ClN5O4. The van der Waals surface area contributed by atoms with E-state index in [1.54, 1.807) is 41.2 Å². The van der Waals surface area contributed by atoms with E-state index in [1.807, 2.05) is 12.1 Å². The maximum absolute atomic E-state index is 13.0. The summed E-state index contributed by atoms with van der Waals surface area (Å²) in [6.45, 7) is 0.376. The Hall–Kier alpha value is -3.72. The van der Waals surface area contributed by atoms with Crippen LogP contribution >= 0.6 is 11.6 Å². The van der Waals surface area contributed by atoms with E-state index in [4.69, 9.17) is 16.3 Å². The molecule has 0 saturated heterocycles. The summed E-state index contributed by atoms with van der Waals surface area (Å²) in [6, 6.07) is 11.7. The molecular weight excluding hydrogens is 446 g/mol. The van der Waals surface area contributed by atoms with Gasteiger partial charge in [0.05, 0.1) is 18.4 Å². The average molecular weight is 468 g/mol. The fourth-order valence-electron chi connectivity index (χ4n) is 3.77. The largest absolute Gasteiger partial charge is 0.487 e. The summed E-state index contributed by atoms with van der Waals surface area (Å²) in [5, 5.41) is 11.5. The SMILES string of the molecule is CNC(=O)C(CCC=O)N1Cc2c(OCc3cn(-c4ccc(Cl)cc4)nn3)cccc2C1=O. The van der Waals surface area contributed by atoms with Crippen molar-refractivity contribution in [1.82, 2.24) is 25.2 Å². The van der Waals surface area contributed by atoms with Crippen molar-refractivity contribution in [2.75, 3.05) is 7.05 Å². The Kier molecular flexibility index (Phi) is 6.69. The highest BCUT2D eigenvalue weighted by atomic mass is 35.5. The molecule has 170 valence electrons. The molecule has 0 spiro atoms. The zero-order valence-corrected chi connectivity index (χ0v) is 18.7. The van der Waals surface area contributed by atoms with Gasteiger partial charge in [-0.05, 0) is 42.8 Å². The van der Waals surface area contributed by atoms with Gasteiger partial charge in [-0.2, -0.15) is 0 Å². The Bertz CT molecular complexity index is 1180. The number of nitrogens with zero attached hydrogens (tertiary/aromatic N) is 4. The molecule has 1 N–H and O–H groups in total. The molecule has 4 rings (SSSR count). The van der Waals surface area contributed by atoms with Crippen LogP contribution in [0.1, 0.15) is 34.5 Å². The van der Waals surface area contributed by atoms with Gasteiger partial charge in [-0.1, -0.05) is 22.9 Å². The Morgan fingerprint density at radius 1 is 1.27 bits per heavy atom. The molecule has 9 nitrogen and oxygen atoms in total. The second-order valence-corrected chi connectivity index (χ2v) is 7.95. The smallest absolute Gasteiger partial charge is 0.255 e. The van der Waals surface area contributed by atoms with Crippen LogP contribution in [-0.4, -0.2) is 51.1 Å². The predicted octanol–water partition coefficient (Wildman–Crippen LogP) is 2.55. The van der Waals surface area contributed by atoms with Crippen LogP contribution in [0.15, 0.2) is 48.7 Å². The van der Waals surface area contributed by atoms with Crippen LogP contribution in [0.25, 0.3) is 5.69 Å². The van der Waals surface area contributed by atoms with Crippen molar-refractivity contribution >= 4 is 29.7 Å². The first kappa shape index (κ1) is 22.5. The number of benzene rings is 2. The van der Waals surface area contributed by atoms with Crippen LogP contribution < -0.4 is 10.1 Å². The standard InChI is InChI=1S/C23H22ClN5O4/c1-25-22(31)20(5-3-11-30)28-13-19-18(23(28)32)4-2-6-21(19)33-14-16-12-29(27-26-16)17-9-7-15(24)8-10-17/h2,4,6-12,20H,3,5,13-14H2,1H3,(H,25,31). The predicted molar refractivity (Wildman–Crippen MR) is 120 cm³/mol. The van der Waals surface area contributed by atoms with Gasteiger partial charge in [-0.25, -0.2) is 4.68 Å². The molecule has 10 heteroatoms. The normalized spacial score (nSPS) is 13.5. The van der Waals surface area contributed by atoms with E-state index < -0.39 is 6.04 Å². The molecule has 1 aromatic heterocycles. The molecule has 2 aromatic carbocycles. The summed E-state index contributed by atoms with van der Waals surface area (Å²) in [6.07, 6.45) is 2.94. The summed E-state index contributed by atoms with van der Waals surface area (Å²) in [5.74, 6) is -0.0293. The number of rotatable bonds is 9. The minimum Gasteiger partial charge on any atom is -0.487 e. The first-order valence-corrected chi connectivity index (χ1v) is 10.8. The van der Waals surface area contributed by atoms with E-state index in [0.29, 0.717) is 27.6 Å². The molecule has 1 unspecified atom stereocenters. The number of hydrogen-bond acceptors (Lipinski definition) is 6. The second-order valence-electron chi connectivity index (χ2n) is 7.51. The average Bonchev–Trinajstić information content (AvgIpc) is 3.44. The number of hydrogen-bond donors (Lipinski definition) is 1. The highest BCUT2D eigenvalue weighted by molar-refractivity contribution is 6.30. The minimum absolute atomic E-state index is 0.155. The highest BCUT2D eigenvalue weighted by Gasteiger charge is 2.37. The van der Waals surface area contributed by atoms with Gasteiger partial charge in [0.25, 0.3) is 5.91 Å². The van der Waals surface area contributed by atoms with Crippen molar-refractivity contribution in [3.8, 4) is 11.4 Å². The van der Waals surface area contributed by atoms with Crippen LogP contribution in [0.5, 0.6) is 5.75 Å². The first-order chi connectivity index (χ1) is 16.0. The molecule has 1 aliphatic rings.